The molecule has 5 nitrogen and oxygen atoms in total. The number of ether oxygens (including phenoxy) is 1. The van der Waals surface area contributed by atoms with Gasteiger partial charge in [0, 0.05) is 25.3 Å². The summed E-state index contributed by atoms with van der Waals surface area (Å²) < 4.78 is 11.6. The predicted octanol–water partition coefficient (Wildman–Crippen LogP) is 6.10. The van der Waals surface area contributed by atoms with Crippen molar-refractivity contribution in [3.63, 3.8) is 0 Å². The van der Waals surface area contributed by atoms with E-state index in [9.17, 15) is 4.79 Å². The maximum atomic E-state index is 13.5. The summed E-state index contributed by atoms with van der Waals surface area (Å²) in [7, 11) is 3.98. The van der Waals surface area contributed by atoms with Crippen LogP contribution in [0.4, 0.5) is 5.69 Å². The van der Waals surface area contributed by atoms with Gasteiger partial charge in [0.25, 0.3) is 0 Å². The summed E-state index contributed by atoms with van der Waals surface area (Å²) in [6.07, 6.45) is 1.89. The Kier molecular flexibility index (Phi) is 6.08. The molecule has 1 aromatic heterocycles. The molecular weight excluding hydrogens is 400 g/mol. The Morgan fingerprint density at radius 2 is 1.66 bits per heavy atom. The number of hydrogen-bond donors (Lipinski definition) is 0. The van der Waals surface area contributed by atoms with Crippen molar-refractivity contribution in [2.75, 3.05) is 19.0 Å². The van der Waals surface area contributed by atoms with E-state index >= 15 is 0 Å². The average molecular weight is 427 g/mol. The van der Waals surface area contributed by atoms with E-state index < -0.39 is 0 Å². The first kappa shape index (κ1) is 21.4. The van der Waals surface area contributed by atoms with Gasteiger partial charge in [-0.3, -0.25) is 4.79 Å². The molecule has 0 unspecified atom stereocenters. The fourth-order valence-electron chi connectivity index (χ4n) is 3.36. The highest BCUT2D eigenvalue weighted by molar-refractivity contribution is 6.31. The Labute approximate surface area is 188 Å². The Morgan fingerprint density at radius 1 is 0.969 bits per heavy atom. The van der Waals surface area contributed by atoms with Crippen molar-refractivity contribution in [1.29, 1.82) is 0 Å². The zero-order valence-electron chi connectivity index (χ0n) is 18.7. The van der Waals surface area contributed by atoms with Crippen LogP contribution in [0.25, 0.3) is 22.7 Å². The minimum absolute atomic E-state index is 0.0666. The highest BCUT2D eigenvalue weighted by atomic mass is 16.5. The summed E-state index contributed by atoms with van der Waals surface area (Å²) in [6.45, 7) is 3.93. The first-order valence-electron chi connectivity index (χ1n) is 10.6. The number of hydrogen-bond acceptors (Lipinski definition) is 5. The van der Waals surface area contributed by atoms with Crippen LogP contribution in [-0.4, -0.2) is 31.0 Å². The van der Waals surface area contributed by atoms with Crippen molar-refractivity contribution in [3.8, 4) is 5.75 Å². The van der Waals surface area contributed by atoms with E-state index in [0.29, 0.717) is 28.1 Å². The van der Waals surface area contributed by atoms with Gasteiger partial charge in [0.15, 0.2) is 11.4 Å². The first-order chi connectivity index (χ1) is 15.4. The van der Waals surface area contributed by atoms with Gasteiger partial charge in [-0.05, 0) is 74.0 Å². The molecule has 0 fully saturated rings. The summed E-state index contributed by atoms with van der Waals surface area (Å²) in [4.78, 5) is 20.1. The molecule has 0 aliphatic carbocycles. The zero-order valence-corrected chi connectivity index (χ0v) is 18.7. The molecule has 0 amide bonds. The highest BCUT2D eigenvalue weighted by Crippen LogP contribution is 2.27. The third-order valence-corrected chi connectivity index (χ3v) is 4.98. The molecule has 1 heterocycles. The number of ketones is 1. The van der Waals surface area contributed by atoms with Crippen LogP contribution in [0.1, 0.15) is 35.7 Å². The molecule has 0 saturated heterocycles. The average Bonchev–Trinajstić information content (AvgIpc) is 3.21. The fourth-order valence-corrected chi connectivity index (χ4v) is 3.36. The van der Waals surface area contributed by atoms with E-state index in [2.05, 4.69) is 4.98 Å². The van der Waals surface area contributed by atoms with Crippen LogP contribution in [0.15, 0.2) is 77.2 Å². The summed E-state index contributed by atoms with van der Waals surface area (Å²) in [5.74, 6) is 0.864. The first-order valence-corrected chi connectivity index (χ1v) is 10.6. The number of nitrogens with zero attached hydrogens (tertiary/aromatic N) is 2. The number of oxazole rings is 1. The number of para-hydroxylation sites is 2. The van der Waals surface area contributed by atoms with E-state index in [-0.39, 0.29) is 11.9 Å². The molecular formula is C27H26N2O3. The number of allylic oxidation sites excluding steroid dienone is 1. The summed E-state index contributed by atoms with van der Waals surface area (Å²) >= 11 is 0. The predicted molar refractivity (Wildman–Crippen MR) is 129 cm³/mol. The molecule has 4 rings (SSSR count). The number of anilines is 1. The minimum Gasteiger partial charge on any atom is -0.491 e. The van der Waals surface area contributed by atoms with Crippen LogP contribution >= 0.6 is 0 Å². The Hall–Kier alpha value is -3.86. The second kappa shape index (κ2) is 9.10. The van der Waals surface area contributed by atoms with Crippen LogP contribution in [0.2, 0.25) is 0 Å². The molecule has 0 spiro atoms. The fraction of sp³-hybridized carbons (Fsp3) is 0.185. The van der Waals surface area contributed by atoms with Gasteiger partial charge in [-0.1, -0.05) is 24.3 Å². The van der Waals surface area contributed by atoms with Crippen molar-refractivity contribution in [1.82, 2.24) is 4.98 Å². The van der Waals surface area contributed by atoms with Crippen LogP contribution in [-0.2, 0) is 0 Å². The van der Waals surface area contributed by atoms with Gasteiger partial charge in [-0.25, -0.2) is 4.98 Å². The molecule has 32 heavy (non-hydrogen) atoms. The number of carbonyl (C=O) groups is 1. The van der Waals surface area contributed by atoms with Gasteiger partial charge in [-0.2, -0.15) is 0 Å². The SMILES string of the molecule is CC(C)Oc1ccc(C(=O)/C(=C/c2ccc(N(C)C)cc2)c2nc3ccccc3o2)cc1. The summed E-state index contributed by atoms with van der Waals surface area (Å²) in [5, 5.41) is 0. The number of carbonyl (C=O) groups excluding carboxylic acids is 1. The van der Waals surface area contributed by atoms with E-state index in [1.165, 1.54) is 0 Å². The smallest absolute Gasteiger partial charge is 0.231 e. The zero-order chi connectivity index (χ0) is 22.7. The van der Waals surface area contributed by atoms with Crippen LogP contribution in [0.5, 0.6) is 5.75 Å². The highest BCUT2D eigenvalue weighted by Gasteiger charge is 2.20. The largest absolute Gasteiger partial charge is 0.491 e. The van der Waals surface area contributed by atoms with E-state index in [4.69, 9.17) is 9.15 Å². The molecule has 3 aromatic carbocycles. The maximum Gasteiger partial charge on any atom is 0.231 e. The van der Waals surface area contributed by atoms with Crippen molar-refractivity contribution < 1.29 is 13.9 Å². The molecule has 0 N–H and O–H groups in total. The van der Waals surface area contributed by atoms with Crippen molar-refractivity contribution in [2.45, 2.75) is 20.0 Å². The second-order valence-corrected chi connectivity index (χ2v) is 8.05. The van der Waals surface area contributed by atoms with Crippen LogP contribution < -0.4 is 9.64 Å². The standard InChI is InChI=1S/C27H26N2O3/c1-18(2)31-22-15-11-20(12-16-22)26(30)23(17-19-9-13-21(14-10-19)29(3)4)27-28-24-7-5-6-8-25(24)32-27/h5-18H,1-4H3/b23-17-. The monoisotopic (exact) mass is 426 g/mol. The quantitative estimate of drug-likeness (QED) is 0.264. The Balaban J connectivity index is 1.75. The molecule has 0 atom stereocenters. The van der Waals surface area contributed by atoms with Gasteiger partial charge in [0.2, 0.25) is 5.89 Å². The van der Waals surface area contributed by atoms with E-state index in [0.717, 1.165) is 17.0 Å². The third kappa shape index (κ3) is 4.72. The lowest BCUT2D eigenvalue weighted by Crippen LogP contribution is -2.08. The Morgan fingerprint density at radius 3 is 2.28 bits per heavy atom. The van der Waals surface area contributed by atoms with E-state index in [1.54, 1.807) is 12.1 Å². The molecule has 4 aromatic rings. The van der Waals surface area contributed by atoms with E-state index in [1.807, 2.05) is 99.6 Å². The van der Waals surface area contributed by atoms with Gasteiger partial charge in [-0.15, -0.1) is 0 Å². The third-order valence-electron chi connectivity index (χ3n) is 4.98. The summed E-state index contributed by atoms with van der Waals surface area (Å²) in [6, 6.07) is 22.6. The van der Waals surface area contributed by atoms with Crippen molar-refractivity contribution in [2.24, 2.45) is 0 Å². The normalized spacial score (nSPS) is 11.7. The van der Waals surface area contributed by atoms with Gasteiger partial charge in [0.05, 0.1) is 11.7 Å². The molecule has 0 aliphatic heterocycles. The van der Waals surface area contributed by atoms with Crippen molar-refractivity contribution in [3.05, 3.63) is 89.8 Å². The lowest BCUT2D eigenvalue weighted by molar-refractivity contribution is 0.105. The topological polar surface area (TPSA) is 55.6 Å². The number of aromatic nitrogens is 1. The van der Waals surface area contributed by atoms with Crippen LogP contribution in [0.3, 0.4) is 0 Å². The van der Waals surface area contributed by atoms with Gasteiger partial charge in [0.1, 0.15) is 11.3 Å². The molecule has 0 bridgehead atoms. The summed E-state index contributed by atoms with van der Waals surface area (Å²) in [5.41, 5.74) is 4.27. The molecule has 0 aliphatic rings. The lowest BCUT2D eigenvalue weighted by Gasteiger charge is -2.12. The van der Waals surface area contributed by atoms with Crippen molar-refractivity contribution >= 4 is 34.2 Å². The minimum atomic E-state index is -0.163. The number of benzene rings is 3. The molecule has 0 saturated carbocycles. The Bertz CT molecular complexity index is 1220. The second-order valence-electron chi connectivity index (χ2n) is 8.05. The maximum absolute atomic E-state index is 13.5. The molecule has 5 heteroatoms. The number of rotatable bonds is 7. The van der Waals surface area contributed by atoms with Gasteiger partial charge >= 0.3 is 0 Å². The molecule has 0 radical (unpaired) electrons. The van der Waals surface area contributed by atoms with Gasteiger partial charge < -0.3 is 14.1 Å². The number of fused-ring (bicyclic) bond motifs is 1. The molecule has 162 valence electrons. The van der Waals surface area contributed by atoms with Crippen LogP contribution in [0, 0.1) is 0 Å². The number of Topliss-reactive ketones (excluding diaryl/α,β-unsaturated/α-hetero) is 1. The lowest BCUT2D eigenvalue weighted by atomic mass is 10.0.